The van der Waals surface area contributed by atoms with Crippen molar-refractivity contribution in [2.24, 2.45) is 0 Å². The van der Waals surface area contributed by atoms with Gasteiger partial charge in [0.15, 0.2) is 0 Å². The summed E-state index contributed by atoms with van der Waals surface area (Å²) in [6, 6.07) is 13.1. The number of aromatic hydroxyl groups is 2. The first-order chi connectivity index (χ1) is 13.2. The molecule has 0 aliphatic heterocycles. The van der Waals surface area contributed by atoms with Gasteiger partial charge in [0, 0.05) is 22.9 Å². The molecule has 5 heteroatoms. The fraction of sp³-hybridized carbons (Fsp3) is 0.304. The van der Waals surface area contributed by atoms with Crippen LogP contribution >= 0.6 is 12.6 Å². The van der Waals surface area contributed by atoms with E-state index in [0.717, 1.165) is 33.3 Å². The molecular weight excluding hydrogens is 370 g/mol. The third-order valence-electron chi connectivity index (χ3n) is 4.96. The lowest BCUT2D eigenvalue weighted by Crippen LogP contribution is -2.13. The van der Waals surface area contributed by atoms with Crippen molar-refractivity contribution in [1.29, 1.82) is 0 Å². The third kappa shape index (κ3) is 3.59. The quantitative estimate of drug-likeness (QED) is 0.494. The lowest BCUT2D eigenvalue weighted by Gasteiger charge is -2.24. The molecule has 0 saturated carbocycles. The van der Waals surface area contributed by atoms with Gasteiger partial charge in [-0.15, -0.1) is 12.6 Å². The van der Waals surface area contributed by atoms with Gasteiger partial charge >= 0.3 is 0 Å². The Morgan fingerprint density at radius 1 is 1.00 bits per heavy atom. The highest BCUT2D eigenvalue weighted by Crippen LogP contribution is 2.39. The number of nitrogens with zero attached hydrogens (tertiary/aromatic N) is 1. The predicted molar refractivity (Wildman–Crippen MR) is 116 cm³/mol. The van der Waals surface area contributed by atoms with Crippen LogP contribution in [0, 0.1) is 0 Å². The Balaban J connectivity index is 2.24. The number of hydrogen-bond donors (Lipinski definition) is 3. The molecule has 1 heterocycles. The number of methoxy groups -OCH3 is 1. The summed E-state index contributed by atoms with van der Waals surface area (Å²) in [5.41, 5.74) is 4.17. The van der Waals surface area contributed by atoms with Gasteiger partial charge in [-0.05, 0) is 53.8 Å². The Hall–Kier alpha value is -2.53. The minimum atomic E-state index is -0.0957. The van der Waals surface area contributed by atoms with Gasteiger partial charge in [0.05, 0.1) is 17.8 Å². The molecule has 0 spiro atoms. The topological polar surface area (TPSA) is 54.6 Å². The number of rotatable bonds is 4. The molecule has 28 heavy (non-hydrogen) atoms. The Labute approximate surface area is 171 Å². The van der Waals surface area contributed by atoms with Crippen LogP contribution in [-0.2, 0) is 11.8 Å². The number of aromatic nitrogens is 1. The SMILES string of the molecule is CCc1cc(-c2ccc(S)n2-c2ccc(OC)c(C(C)(C)C)c2)c(O)cc1O. The highest BCUT2D eigenvalue weighted by Gasteiger charge is 2.21. The predicted octanol–water partition coefficient (Wildman–Crippen LogP) is 5.71. The van der Waals surface area contributed by atoms with Gasteiger partial charge in [-0.1, -0.05) is 27.7 Å². The van der Waals surface area contributed by atoms with Crippen LogP contribution in [0.25, 0.3) is 16.9 Å². The number of phenols is 2. The van der Waals surface area contributed by atoms with Crippen molar-refractivity contribution in [3.8, 4) is 34.2 Å². The first-order valence-corrected chi connectivity index (χ1v) is 9.77. The molecule has 0 fully saturated rings. The molecule has 0 aliphatic rings. The average Bonchev–Trinajstić information content (AvgIpc) is 3.02. The zero-order chi connectivity index (χ0) is 20.6. The summed E-state index contributed by atoms with van der Waals surface area (Å²) in [4.78, 5) is 0. The molecule has 0 saturated heterocycles. The van der Waals surface area contributed by atoms with Crippen molar-refractivity contribution in [1.82, 2.24) is 4.57 Å². The molecular formula is C23H27NO3S. The van der Waals surface area contributed by atoms with Gasteiger partial charge in [0.2, 0.25) is 0 Å². The molecule has 3 rings (SSSR count). The normalized spacial score (nSPS) is 11.6. The molecule has 0 amide bonds. The van der Waals surface area contributed by atoms with Crippen LogP contribution in [0.2, 0.25) is 0 Å². The van der Waals surface area contributed by atoms with Crippen molar-refractivity contribution in [2.75, 3.05) is 7.11 Å². The molecule has 4 nitrogen and oxygen atoms in total. The number of ether oxygens (including phenoxy) is 1. The molecule has 1 aromatic heterocycles. The molecule has 148 valence electrons. The van der Waals surface area contributed by atoms with Crippen molar-refractivity contribution < 1.29 is 14.9 Å². The van der Waals surface area contributed by atoms with Gasteiger partial charge in [0.1, 0.15) is 17.2 Å². The van der Waals surface area contributed by atoms with Crippen LogP contribution in [0.1, 0.15) is 38.8 Å². The van der Waals surface area contributed by atoms with Crippen LogP contribution in [0.4, 0.5) is 0 Å². The van der Waals surface area contributed by atoms with Crippen molar-refractivity contribution in [2.45, 2.75) is 44.6 Å². The zero-order valence-corrected chi connectivity index (χ0v) is 17.8. The van der Waals surface area contributed by atoms with Gasteiger partial charge in [-0.3, -0.25) is 0 Å². The monoisotopic (exact) mass is 397 g/mol. The Morgan fingerprint density at radius 2 is 1.71 bits per heavy atom. The fourth-order valence-corrected chi connectivity index (χ4v) is 3.74. The lowest BCUT2D eigenvalue weighted by molar-refractivity contribution is 0.397. The van der Waals surface area contributed by atoms with E-state index in [1.54, 1.807) is 7.11 Å². The van der Waals surface area contributed by atoms with E-state index >= 15 is 0 Å². The van der Waals surface area contributed by atoms with Crippen molar-refractivity contribution in [3.05, 3.63) is 53.6 Å². The van der Waals surface area contributed by atoms with Crippen LogP contribution in [0.5, 0.6) is 17.2 Å². The van der Waals surface area contributed by atoms with E-state index in [1.165, 1.54) is 6.07 Å². The van der Waals surface area contributed by atoms with E-state index in [4.69, 9.17) is 4.74 Å². The molecule has 3 aromatic rings. The van der Waals surface area contributed by atoms with Crippen LogP contribution in [0.3, 0.4) is 0 Å². The maximum Gasteiger partial charge on any atom is 0.128 e. The second kappa shape index (κ2) is 7.47. The summed E-state index contributed by atoms with van der Waals surface area (Å²) in [6.07, 6.45) is 0.671. The number of benzene rings is 2. The second-order valence-corrected chi connectivity index (χ2v) is 8.36. The van der Waals surface area contributed by atoms with Gasteiger partial charge in [-0.2, -0.15) is 0 Å². The maximum absolute atomic E-state index is 10.5. The molecule has 0 aliphatic carbocycles. The Kier molecular flexibility index (Phi) is 5.39. The number of aryl methyl sites for hydroxylation is 1. The summed E-state index contributed by atoms with van der Waals surface area (Å²) >= 11 is 4.64. The summed E-state index contributed by atoms with van der Waals surface area (Å²) in [5, 5.41) is 21.3. The smallest absolute Gasteiger partial charge is 0.128 e. The van der Waals surface area contributed by atoms with E-state index in [1.807, 2.05) is 41.8 Å². The van der Waals surface area contributed by atoms with Crippen LogP contribution in [-0.4, -0.2) is 21.9 Å². The maximum atomic E-state index is 10.5. The Bertz CT molecular complexity index is 1020. The van der Waals surface area contributed by atoms with E-state index in [9.17, 15) is 10.2 Å². The van der Waals surface area contributed by atoms with Crippen LogP contribution in [0.15, 0.2) is 47.5 Å². The van der Waals surface area contributed by atoms with E-state index < -0.39 is 0 Å². The van der Waals surface area contributed by atoms with E-state index in [2.05, 4.69) is 39.5 Å². The first-order valence-electron chi connectivity index (χ1n) is 9.32. The third-order valence-corrected chi connectivity index (χ3v) is 5.31. The van der Waals surface area contributed by atoms with E-state index in [0.29, 0.717) is 12.0 Å². The number of thiol groups is 1. The summed E-state index contributed by atoms with van der Waals surface area (Å²) < 4.78 is 7.55. The standard InChI is InChI=1S/C23H27NO3S/c1-6-14-11-16(20(26)13-19(14)25)18-8-10-22(28)24(18)15-7-9-21(27-5)17(12-15)23(2,3)4/h7-13,25-26,28H,6H2,1-5H3. The molecule has 2 aromatic carbocycles. The number of hydrogen-bond acceptors (Lipinski definition) is 4. The van der Waals surface area contributed by atoms with Crippen molar-refractivity contribution >= 4 is 12.6 Å². The van der Waals surface area contributed by atoms with E-state index in [-0.39, 0.29) is 16.9 Å². The molecule has 0 atom stereocenters. The highest BCUT2D eigenvalue weighted by atomic mass is 32.1. The minimum Gasteiger partial charge on any atom is -0.508 e. The Morgan fingerprint density at radius 3 is 2.32 bits per heavy atom. The molecule has 0 unspecified atom stereocenters. The summed E-state index contributed by atoms with van der Waals surface area (Å²) in [5.74, 6) is 0.978. The van der Waals surface area contributed by atoms with Crippen LogP contribution < -0.4 is 4.74 Å². The van der Waals surface area contributed by atoms with Gasteiger partial charge in [-0.25, -0.2) is 0 Å². The lowest BCUT2D eigenvalue weighted by atomic mass is 9.86. The van der Waals surface area contributed by atoms with Gasteiger partial charge < -0.3 is 19.5 Å². The largest absolute Gasteiger partial charge is 0.508 e. The minimum absolute atomic E-state index is 0.0342. The average molecular weight is 398 g/mol. The van der Waals surface area contributed by atoms with Gasteiger partial charge in [0.25, 0.3) is 0 Å². The van der Waals surface area contributed by atoms with Crippen molar-refractivity contribution in [3.63, 3.8) is 0 Å². The molecule has 0 bridgehead atoms. The molecule has 0 radical (unpaired) electrons. The fourth-order valence-electron chi connectivity index (χ4n) is 3.44. The molecule has 2 N–H and O–H groups in total. The number of phenolic OH excluding ortho intramolecular Hbond substituents is 2. The highest BCUT2D eigenvalue weighted by molar-refractivity contribution is 7.80. The zero-order valence-electron chi connectivity index (χ0n) is 16.9. The summed E-state index contributed by atoms with van der Waals surface area (Å²) in [7, 11) is 1.68. The first kappa shape index (κ1) is 20.2. The second-order valence-electron chi connectivity index (χ2n) is 7.90. The summed E-state index contributed by atoms with van der Waals surface area (Å²) in [6.45, 7) is 8.41.